The van der Waals surface area contributed by atoms with Gasteiger partial charge in [0, 0.05) is 0 Å². The van der Waals surface area contributed by atoms with Gasteiger partial charge in [0.25, 0.3) is 0 Å². The van der Waals surface area contributed by atoms with E-state index in [0.29, 0.717) is 0 Å². The summed E-state index contributed by atoms with van der Waals surface area (Å²) < 4.78 is 0. The van der Waals surface area contributed by atoms with Crippen LogP contribution < -0.4 is 0 Å². The van der Waals surface area contributed by atoms with Crippen molar-refractivity contribution < 1.29 is 0 Å². The second kappa shape index (κ2) is 10.1. The monoisotopic (exact) mass is 170 g/mol. The fourth-order valence-corrected chi connectivity index (χ4v) is 0. The maximum atomic E-state index is 3.72. The van der Waals surface area contributed by atoms with Gasteiger partial charge >= 0.3 is 51.4 Å². The average Bonchev–Trinajstić information content (AvgIpc) is 1.37. The van der Waals surface area contributed by atoms with Crippen LogP contribution in [0.4, 0.5) is 0 Å². The van der Waals surface area contributed by atoms with Crippen LogP contribution in [0.25, 0.3) is 0 Å². The van der Waals surface area contributed by atoms with Gasteiger partial charge in [0.2, 0.25) is 0 Å². The van der Waals surface area contributed by atoms with Gasteiger partial charge in [-0.3, -0.25) is 0 Å². The molecule has 0 N–H and O–H groups in total. The van der Waals surface area contributed by atoms with Crippen molar-refractivity contribution in [3.05, 3.63) is 0 Å². The Morgan fingerprint density at radius 3 is 1.20 bits per heavy atom. The summed E-state index contributed by atoms with van der Waals surface area (Å²) in [6, 6.07) is 0. The number of thiol groups is 2. The molecule has 5 heteroatoms. The second-order valence-electron chi connectivity index (χ2n) is 0.149. The normalized spacial score (nSPS) is 6.00. The first-order chi connectivity index (χ1) is 1.91. The predicted octanol–water partition coefficient (Wildman–Crippen LogP) is 1.41. The summed E-state index contributed by atoms with van der Waals surface area (Å²) in [6.45, 7) is 0. The Labute approximate surface area is 92.1 Å². The van der Waals surface area contributed by atoms with E-state index in [1.54, 1.807) is 0 Å². The molecule has 0 spiro atoms. The van der Waals surface area contributed by atoms with Crippen LogP contribution in [0, 0.1) is 0 Å². The summed E-state index contributed by atoms with van der Waals surface area (Å²) in [5, 5.41) is 0. The van der Waals surface area contributed by atoms with Crippen LogP contribution in [0.2, 0.25) is 0 Å². The summed E-state index contributed by atoms with van der Waals surface area (Å²) in [6.07, 6.45) is 0. The summed E-state index contributed by atoms with van der Waals surface area (Å²) in [7, 11) is 2.66. The van der Waals surface area contributed by atoms with Crippen LogP contribution >= 0.6 is 43.0 Å². The summed E-state index contributed by atoms with van der Waals surface area (Å²) in [5.74, 6) is 0. The van der Waals surface area contributed by atoms with Crippen LogP contribution in [0.3, 0.4) is 0 Å². The molecule has 0 aliphatic carbocycles. The van der Waals surface area contributed by atoms with Crippen molar-refractivity contribution in [1.29, 1.82) is 0 Å². The first-order valence-corrected chi connectivity index (χ1v) is 4.79. The molecule has 0 aromatic rings. The van der Waals surface area contributed by atoms with Crippen molar-refractivity contribution in [2.24, 2.45) is 0 Å². The first-order valence-electron chi connectivity index (χ1n) is 0.532. The summed E-state index contributed by atoms with van der Waals surface area (Å²) >= 11 is 7.45. The van der Waals surface area contributed by atoms with Crippen LogP contribution in [-0.4, -0.2) is 51.4 Å². The maximum absolute atomic E-state index is 3.72. The van der Waals surface area contributed by atoms with Gasteiger partial charge in [0.15, 0.2) is 0 Å². The third-order valence-corrected chi connectivity index (χ3v) is 2.70. The molecule has 0 aliphatic rings. The predicted molar refractivity (Wildman–Crippen MR) is 40.3 cm³/mol. The van der Waals surface area contributed by atoms with Crippen molar-refractivity contribution in [2.75, 3.05) is 0 Å². The van der Waals surface area contributed by atoms with Gasteiger partial charge in [-0.1, -0.05) is 23.3 Å². The van der Waals surface area contributed by atoms with Crippen LogP contribution in [-0.2, 0) is 0 Å². The molecule has 0 aromatic carbocycles. The minimum absolute atomic E-state index is 0. The first kappa shape index (κ1) is 10.9. The van der Waals surface area contributed by atoms with Crippen molar-refractivity contribution in [2.45, 2.75) is 0 Å². The minimum atomic E-state index is 0. The number of hydrogen-bond donors (Lipinski definition) is 2. The zero-order valence-corrected chi connectivity index (χ0v) is 5.13. The zero-order valence-electron chi connectivity index (χ0n) is 1.71. The van der Waals surface area contributed by atoms with E-state index in [2.05, 4.69) is 23.3 Å². The number of rotatable bonds is 1. The Kier molecular flexibility index (Phi) is 22.1. The average molecular weight is 170 g/mol. The standard InChI is InChI=1S/K.H2S4.H/c;1-3-4-2;/h;1-2H;. The molecule has 0 amide bonds. The molecule has 0 atom stereocenters. The molecular formula is H3KS4. The third kappa shape index (κ3) is 11.0. The van der Waals surface area contributed by atoms with Crippen LogP contribution in [0.5, 0.6) is 0 Å². The van der Waals surface area contributed by atoms with Gasteiger partial charge in [-0.05, 0) is 19.7 Å². The molecule has 28 valence electrons. The van der Waals surface area contributed by atoms with E-state index in [1.165, 1.54) is 19.7 Å². The fraction of sp³-hybridized carbons (Fsp3) is 0. The van der Waals surface area contributed by atoms with E-state index in [9.17, 15) is 0 Å². The molecule has 0 radical (unpaired) electrons. The van der Waals surface area contributed by atoms with Crippen molar-refractivity contribution in [3.8, 4) is 0 Å². The molecule has 0 bridgehead atoms. The molecular weight excluding hydrogens is 167 g/mol. The van der Waals surface area contributed by atoms with Gasteiger partial charge in [-0.2, -0.15) is 0 Å². The summed E-state index contributed by atoms with van der Waals surface area (Å²) in [4.78, 5) is 0. The molecule has 0 heterocycles. The van der Waals surface area contributed by atoms with E-state index >= 15 is 0 Å². The van der Waals surface area contributed by atoms with Gasteiger partial charge in [0.05, 0.1) is 0 Å². The van der Waals surface area contributed by atoms with Crippen molar-refractivity contribution in [3.63, 3.8) is 0 Å². The van der Waals surface area contributed by atoms with E-state index < -0.39 is 0 Å². The van der Waals surface area contributed by atoms with E-state index in [1.807, 2.05) is 0 Å². The fourth-order valence-electron chi connectivity index (χ4n) is 0. The van der Waals surface area contributed by atoms with Gasteiger partial charge in [-0.25, -0.2) is 0 Å². The molecule has 0 saturated heterocycles. The van der Waals surface area contributed by atoms with Gasteiger partial charge in [-0.15, -0.1) is 0 Å². The quantitative estimate of drug-likeness (QED) is 0.347. The van der Waals surface area contributed by atoms with Crippen molar-refractivity contribution >= 4 is 94.4 Å². The molecule has 0 nitrogen and oxygen atoms in total. The molecule has 0 saturated carbocycles. The Balaban J connectivity index is 0. The Morgan fingerprint density at radius 2 is 1.20 bits per heavy atom. The molecule has 0 unspecified atom stereocenters. The van der Waals surface area contributed by atoms with Crippen molar-refractivity contribution in [1.82, 2.24) is 0 Å². The third-order valence-electron chi connectivity index (χ3n) is 0.0333. The van der Waals surface area contributed by atoms with Gasteiger partial charge in [0.1, 0.15) is 0 Å². The molecule has 0 rings (SSSR count). The van der Waals surface area contributed by atoms with Crippen LogP contribution in [0.1, 0.15) is 0 Å². The molecule has 5 heavy (non-hydrogen) atoms. The number of hydrogen-bond acceptors (Lipinski definition) is 4. The summed E-state index contributed by atoms with van der Waals surface area (Å²) in [5.41, 5.74) is 0. The van der Waals surface area contributed by atoms with Gasteiger partial charge < -0.3 is 0 Å². The van der Waals surface area contributed by atoms with E-state index in [-0.39, 0.29) is 51.4 Å². The Morgan fingerprint density at radius 1 is 1.00 bits per heavy atom. The molecule has 0 aliphatic heterocycles. The Bertz CT molecular complexity index is 5.61. The van der Waals surface area contributed by atoms with E-state index in [4.69, 9.17) is 0 Å². The van der Waals surface area contributed by atoms with Crippen LogP contribution in [0.15, 0.2) is 0 Å². The molecule has 0 fully saturated rings. The zero-order chi connectivity index (χ0) is 3.41. The second-order valence-corrected chi connectivity index (χ2v) is 4.02. The van der Waals surface area contributed by atoms with E-state index in [0.717, 1.165) is 0 Å². The topological polar surface area (TPSA) is 0 Å². The Hall–Kier alpha value is 3.04. The molecule has 0 aromatic heterocycles. The SMILES string of the molecule is SSSS.[KH].